The van der Waals surface area contributed by atoms with Gasteiger partial charge in [-0.1, -0.05) is 6.07 Å². The molecule has 1 fully saturated rings. The molecule has 0 spiro atoms. The van der Waals surface area contributed by atoms with Crippen LogP contribution in [0.25, 0.3) is 16.6 Å². The Labute approximate surface area is 167 Å². The van der Waals surface area contributed by atoms with Gasteiger partial charge in [0.1, 0.15) is 17.2 Å². The molecule has 3 aromatic heterocycles. The number of pyridine rings is 1. The van der Waals surface area contributed by atoms with Crippen LogP contribution in [0.2, 0.25) is 0 Å². The second-order valence-corrected chi connectivity index (χ2v) is 7.47. The van der Waals surface area contributed by atoms with E-state index >= 15 is 0 Å². The van der Waals surface area contributed by atoms with Crippen molar-refractivity contribution in [2.24, 2.45) is 0 Å². The van der Waals surface area contributed by atoms with Crippen molar-refractivity contribution < 1.29 is 13.9 Å². The largest absolute Gasteiger partial charge is 0.497 e. The third-order valence-electron chi connectivity index (χ3n) is 5.68. The Balaban J connectivity index is 1.34. The number of nitrogens with zero attached hydrogens (tertiary/aromatic N) is 4. The van der Waals surface area contributed by atoms with Crippen molar-refractivity contribution in [3.05, 3.63) is 60.2 Å². The van der Waals surface area contributed by atoms with Crippen molar-refractivity contribution >= 4 is 22.5 Å². The lowest BCUT2D eigenvalue weighted by atomic mass is 9.96. The number of fused-ring (bicyclic) bond motifs is 2. The lowest BCUT2D eigenvalue weighted by Gasteiger charge is -2.32. The van der Waals surface area contributed by atoms with Crippen LogP contribution in [-0.2, 0) is 11.2 Å². The van der Waals surface area contributed by atoms with Crippen LogP contribution >= 0.6 is 0 Å². The third kappa shape index (κ3) is 3.22. The molecular weight excluding hydrogens is 368 g/mol. The topological polar surface area (TPSA) is 72.9 Å². The molecule has 4 aromatic rings. The predicted molar refractivity (Wildman–Crippen MR) is 108 cm³/mol. The molecule has 29 heavy (non-hydrogen) atoms. The Morgan fingerprint density at radius 1 is 1.28 bits per heavy atom. The first-order valence-corrected chi connectivity index (χ1v) is 9.84. The van der Waals surface area contributed by atoms with Gasteiger partial charge in [-0.05, 0) is 37.1 Å². The molecule has 0 unspecified atom stereocenters. The summed E-state index contributed by atoms with van der Waals surface area (Å²) in [5, 5.41) is 9.61. The second kappa shape index (κ2) is 7.24. The van der Waals surface area contributed by atoms with Gasteiger partial charge in [-0.15, -0.1) is 10.2 Å². The Bertz CT molecular complexity index is 1180. The molecule has 7 nitrogen and oxygen atoms in total. The molecule has 1 aliphatic heterocycles. The summed E-state index contributed by atoms with van der Waals surface area (Å²) in [6.07, 6.45) is 5.95. The Hall–Kier alpha value is -3.35. The zero-order valence-corrected chi connectivity index (χ0v) is 16.2. The van der Waals surface area contributed by atoms with Crippen molar-refractivity contribution in [2.45, 2.75) is 25.2 Å². The molecule has 5 rings (SSSR count). The summed E-state index contributed by atoms with van der Waals surface area (Å²) in [6.45, 7) is 1.44. The Morgan fingerprint density at radius 2 is 2.21 bits per heavy atom. The maximum Gasteiger partial charge on any atom is 0.227 e. The van der Waals surface area contributed by atoms with Gasteiger partial charge in [-0.25, -0.2) is 0 Å². The number of methoxy groups -OCH3 is 1. The average Bonchev–Trinajstić information content (AvgIpc) is 3.37. The van der Waals surface area contributed by atoms with Crippen LogP contribution in [0.3, 0.4) is 0 Å². The van der Waals surface area contributed by atoms with Gasteiger partial charge >= 0.3 is 0 Å². The van der Waals surface area contributed by atoms with E-state index in [1.165, 1.54) is 0 Å². The molecule has 0 radical (unpaired) electrons. The molecule has 148 valence electrons. The zero-order valence-electron chi connectivity index (χ0n) is 16.2. The number of likely N-dealkylation sites (tertiary alicyclic amines) is 1. The summed E-state index contributed by atoms with van der Waals surface area (Å²) in [4.78, 5) is 15.0. The van der Waals surface area contributed by atoms with Crippen LogP contribution in [0.1, 0.15) is 30.1 Å². The number of hydrogen-bond donors (Lipinski definition) is 0. The van der Waals surface area contributed by atoms with E-state index in [0.29, 0.717) is 13.0 Å². The SMILES string of the molecule is COc1ccc2c(CC(=O)N3CCC[C@@H](c4nnc5ccccn45)C3)coc2c1. The fraction of sp³-hybridized carbons (Fsp3) is 0.318. The molecule has 0 saturated carbocycles. The van der Waals surface area contributed by atoms with Crippen LogP contribution in [-0.4, -0.2) is 45.6 Å². The number of aromatic nitrogens is 3. The monoisotopic (exact) mass is 390 g/mol. The highest BCUT2D eigenvalue weighted by Crippen LogP contribution is 2.29. The van der Waals surface area contributed by atoms with Crippen molar-refractivity contribution in [3.63, 3.8) is 0 Å². The number of carbonyl (C=O) groups is 1. The van der Waals surface area contributed by atoms with Crippen LogP contribution < -0.4 is 4.74 Å². The number of piperidine rings is 1. The van der Waals surface area contributed by atoms with Crippen molar-refractivity contribution in [1.29, 1.82) is 0 Å². The van der Waals surface area contributed by atoms with Gasteiger partial charge in [0.05, 0.1) is 19.8 Å². The van der Waals surface area contributed by atoms with Crippen LogP contribution in [0.5, 0.6) is 5.75 Å². The van der Waals surface area contributed by atoms with E-state index in [0.717, 1.165) is 53.1 Å². The highest BCUT2D eigenvalue weighted by Gasteiger charge is 2.28. The maximum atomic E-state index is 13.0. The lowest BCUT2D eigenvalue weighted by molar-refractivity contribution is -0.131. The quantitative estimate of drug-likeness (QED) is 0.534. The molecule has 1 amide bonds. The predicted octanol–water partition coefficient (Wildman–Crippen LogP) is 3.43. The van der Waals surface area contributed by atoms with Gasteiger partial charge in [0.15, 0.2) is 5.65 Å². The molecule has 7 heteroatoms. The molecule has 1 saturated heterocycles. The molecule has 0 N–H and O–H groups in total. The van der Waals surface area contributed by atoms with Crippen LogP contribution in [0.15, 0.2) is 53.3 Å². The molecule has 1 aliphatic rings. The van der Waals surface area contributed by atoms with Gasteiger partial charge in [-0.2, -0.15) is 0 Å². The summed E-state index contributed by atoms with van der Waals surface area (Å²) in [5.74, 6) is 1.97. The van der Waals surface area contributed by atoms with Gasteiger partial charge in [0, 0.05) is 42.2 Å². The van der Waals surface area contributed by atoms with Crippen molar-refractivity contribution in [1.82, 2.24) is 19.5 Å². The van der Waals surface area contributed by atoms with Crippen molar-refractivity contribution in [2.75, 3.05) is 20.2 Å². The Morgan fingerprint density at radius 3 is 3.10 bits per heavy atom. The highest BCUT2D eigenvalue weighted by atomic mass is 16.5. The number of ether oxygens (including phenoxy) is 1. The molecule has 1 atom stereocenters. The molecule has 1 aromatic carbocycles. The normalized spacial score (nSPS) is 17.1. The minimum absolute atomic E-state index is 0.113. The number of rotatable bonds is 4. The first kappa shape index (κ1) is 17.7. The van der Waals surface area contributed by atoms with E-state index in [2.05, 4.69) is 10.2 Å². The van der Waals surface area contributed by atoms with Gasteiger partial charge in [0.2, 0.25) is 5.91 Å². The number of amides is 1. The highest BCUT2D eigenvalue weighted by molar-refractivity contribution is 5.88. The number of furan rings is 1. The van der Waals surface area contributed by atoms with Crippen LogP contribution in [0, 0.1) is 0 Å². The second-order valence-electron chi connectivity index (χ2n) is 7.47. The van der Waals surface area contributed by atoms with Crippen molar-refractivity contribution in [3.8, 4) is 5.75 Å². The fourth-order valence-corrected chi connectivity index (χ4v) is 4.15. The summed E-state index contributed by atoms with van der Waals surface area (Å²) < 4.78 is 12.9. The number of carbonyl (C=O) groups excluding carboxylic acids is 1. The fourth-order valence-electron chi connectivity index (χ4n) is 4.15. The maximum absolute atomic E-state index is 13.0. The number of benzene rings is 1. The first-order chi connectivity index (χ1) is 14.2. The summed E-state index contributed by atoms with van der Waals surface area (Å²) in [5.41, 5.74) is 2.48. The van der Waals surface area contributed by atoms with E-state index in [-0.39, 0.29) is 11.8 Å². The molecule has 4 heterocycles. The summed E-state index contributed by atoms with van der Waals surface area (Å²) in [6, 6.07) is 11.6. The first-order valence-electron chi connectivity index (χ1n) is 9.84. The van der Waals surface area contributed by atoms with E-state index < -0.39 is 0 Å². The van der Waals surface area contributed by atoms with Gasteiger partial charge < -0.3 is 14.1 Å². The van der Waals surface area contributed by atoms with Crippen LogP contribution in [0.4, 0.5) is 0 Å². The van der Waals surface area contributed by atoms with E-state index in [1.54, 1.807) is 13.4 Å². The van der Waals surface area contributed by atoms with Gasteiger partial charge in [0.25, 0.3) is 0 Å². The van der Waals surface area contributed by atoms with E-state index in [1.807, 2.05) is 51.9 Å². The number of hydrogen-bond acceptors (Lipinski definition) is 5. The summed E-state index contributed by atoms with van der Waals surface area (Å²) >= 11 is 0. The lowest BCUT2D eigenvalue weighted by Crippen LogP contribution is -2.40. The smallest absolute Gasteiger partial charge is 0.227 e. The standard InChI is InChI=1S/C22H22N4O3/c1-28-17-7-8-18-16(14-29-19(18)12-17)11-21(27)25-9-4-5-15(13-25)22-24-23-20-6-2-3-10-26(20)22/h2-3,6-8,10,12,14-15H,4-5,9,11,13H2,1H3/t15-/m1/s1. The minimum atomic E-state index is 0.113. The average molecular weight is 390 g/mol. The molecular formula is C22H22N4O3. The minimum Gasteiger partial charge on any atom is -0.497 e. The van der Waals surface area contributed by atoms with E-state index in [9.17, 15) is 4.79 Å². The zero-order chi connectivity index (χ0) is 19.8. The third-order valence-corrected chi connectivity index (χ3v) is 5.68. The molecule has 0 bridgehead atoms. The Kier molecular flexibility index (Phi) is 4.42. The molecule has 0 aliphatic carbocycles. The van der Waals surface area contributed by atoms with Gasteiger partial charge in [-0.3, -0.25) is 9.20 Å². The summed E-state index contributed by atoms with van der Waals surface area (Å²) in [7, 11) is 1.62. The van der Waals surface area contributed by atoms with E-state index in [4.69, 9.17) is 9.15 Å².